The van der Waals surface area contributed by atoms with Crippen LogP contribution in [0.3, 0.4) is 0 Å². The lowest BCUT2D eigenvalue weighted by Crippen LogP contribution is -2.24. The molecule has 0 atom stereocenters. The Morgan fingerprint density at radius 1 is 1.38 bits per heavy atom. The number of rotatable bonds is 2. The van der Waals surface area contributed by atoms with E-state index >= 15 is 0 Å². The number of hydrogen-bond donors (Lipinski definition) is 1. The van der Waals surface area contributed by atoms with E-state index in [4.69, 9.17) is 9.84 Å². The van der Waals surface area contributed by atoms with Crippen LogP contribution in [0.1, 0.15) is 26.6 Å². The van der Waals surface area contributed by atoms with Crippen molar-refractivity contribution >= 4 is 0 Å². The molecule has 0 aliphatic heterocycles. The Labute approximate surface area is 77.4 Å². The Balaban J connectivity index is 3.20. The summed E-state index contributed by atoms with van der Waals surface area (Å²) in [5, 5.41) is 16.6. The number of nitrogens with zero attached hydrogens (tertiary/aromatic N) is 3. The van der Waals surface area contributed by atoms with E-state index in [0.29, 0.717) is 11.8 Å². The Kier molecular flexibility index (Phi) is 2.56. The molecule has 13 heavy (non-hydrogen) atoms. The van der Waals surface area contributed by atoms with Gasteiger partial charge < -0.3 is 9.84 Å². The standard InChI is InChI=1S/C8H15N3O2/c1-8(2,3)11-6(5-12)9-10-7(11)13-4/h12H,5H2,1-4H3. The van der Waals surface area contributed by atoms with E-state index in [-0.39, 0.29) is 12.1 Å². The second-order valence-corrected chi connectivity index (χ2v) is 3.77. The highest BCUT2D eigenvalue weighted by molar-refractivity contribution is 5.04. The van der Waals surface area contributed by atoms with E-state index in [1.54, 1.807) is 4.57 Å². The first-order valence-electron chi connectivity index (χ1n) is 4.10. The van der Waals surface area contributed by atoms with Crippen molar-refractivity contribution in [2.45, 2.75) is 32.9 Å². The molecule has 0 unspecified atom stereocenters. The van der Waals surface area contributed by atoms with Gasteiger partial charge in [-0.05, 0) is 20.8 Å². The molecule has 0 aliphatic rings. The normalized spacial score (nSPS) is 11.8. The zero-order valence-corrected chi connectivity index (χ0v) is 8.40. The minimum absolute atomic E-state index is 0.131. The summed E-state index contributed by atoms with van der Waals surface area (Å²) in [6.07, 6.45) is 0. The molecule has 0 bridgehead atoms. The quantitative estimate of drug-likeness (QED) is 0.730. The molecule has 5 nitrogen and oxygen atoms in total. The average Bonchev–Trinajstić information content (AvgIpc) is 2.45. The SMILES string of the molecule is COc1nnc(CO)n1C(C)(C)C. The van der Waals surface area contributed by atoms with Gasteiger partial charge in [0.15, 0.2) is 5.82 Å². The lowest BCUT2D eigenvalue weighted by Gasteiger charge is -2.23. The molecule has 1 aromatic heterocycles. The Morgan fingerprint density at radius 2 is 2.00 bits per heavy atom. The maximum atomic E-state index is 9.01. The second kappa shape index (κ2) is 3.33. The first-order valence-corrected chi connectivity index (χ1v) is 4.10. The maximum absolute atomic E-state index is 9.01. The molecule has 5 heteroatoms. The van der Waals surface area contributed by atoms with E-state index in [1.807, 2.05) is 20.8 Å². The van der Waals surface area contributed by atoms with Gasteiger partial charge in [0.1, 0.15) is 6.61 Å². The fourth-order valence-corrected chi connectivity index (χ4v) is 1.21. The summed E-state index contributed by atoms with van der Waals surface area (Å²) in [4.78, 5) is 0. The summed E-state index contributed by atoms with van der Waals surface area (Å²) in [7, 11) is 1.54. The molecular weight excluding hydrogens is 170 g/mol. The summed E-state index contributed by atoms with van der Waals surface area (Å²) in [5.74, 6) is 0.518. The molecule has 0 radical (unpaired) electrons. The Morgan fingerprint density at radius 3 is 2.38 bits per heavy atom. The molecule has 0 saturated heterocycles. The van der Waals surface area contributed by atoms with Crippen LogP contribution in [0.25, 0.3) is 0 Å². The third kappa shape index (κ3) is 1.80. The predicted octanol–water partition coefficient (Wildman–Crippen LogP) is 0.534. The largest absolute Gasteiger partial charge is 0.467 e. The minimum atomic E-state index is -0.188. The van der Waals surface area contributed by atoms with Crippen molar-refractivity contribution in [3.05, 3.63) is 5.82 Å². The van der Waals surface area contributed by atoms with Gasteiger partial charge in [-0.15, -0.1) is 5.10 Å². The van der Waals surface area contributed by atoms with Gasteiger partial charge in [0, 0.05) is 5.54 Å². The lowest BCUT2D eigenvalue weighted by molar-refractivity contribution is 0.237. The summed E-state index contributed by atoms with van der Waals surface area (Å²) in [6, 6.07) is 0.427. The fourth-order valence-electron chi connectivity index (χ4n) is 1.21. The van der Waals surface area contributed by atoms with Crippen molar-refractivity contribution in [3.8, 4) is 6.01 Å². The molecule has 0 fully saturated rings. The van der Waals surface area contributed by atoms with Gasteiger partial charge in [-0.1, -0.05) is 5.10 Å². The van der Waals surface area contributed by atoms with E-state index in [0.717, 1.165) is 0 Å². The number of methoxy groups -OCH3 is 1. The van der Waals surface area contributed by atoms with Crippen LogP contribution < -0.4 is 4.74 Å². The fraction of sp³-hybridized carbons (Fsp3) is 0.750. The third-order valence-electron chi connectivity index (χ3n) is 1.70. The topological polar surface area (TPSA) is 60.2 Å². The monoisotopic (exact) mass is 185 g/mol. The highest BCUT2D eigenvalue weighted by Crippen LogP contribution is 2.22. The van der Waals surface area contributed by atoms with Crippen LogP contribution in [0.2, 0.25) is 0 Å². The molecule has 0 aromatic carbocycles. The smallest absolute Gasteiger partial charge is 0.317 e. The van der Waals surface area contributed by atoms with Crippen LogP contribution in [0, 0.1) is 0 Å². The highest BCUT2D eigenvalue weighted by Gasteiger charge is 2.22. The van der Waals surface area contributed by atoms with Crippen LogP contribution in [-0.4, -0.2) is 27.0 Å². The van der Waals surface area contributed by atoms with Gasteiger partial charge in [-0.2, -0.15) is 0 Å². The molecule has 0 aliphatic carbocycles. The lowest BCUT2D eigenvalue weighted by atomic mass is 10.1. The minimum Gasteiger partial charge on any atom is -0.467 e. The van der Waals surface area contributed by atoms with Crippen LogP contribution in [0.15, 0.2) is 0 Å². The predicted molar refractivity (Wildman–Crippen MR) is 47.5 cm³/mol. The van der Waals surface area contributed by atoms with Crippen molar-refractivity contribution in [2.75, 3.05) is 7.11 Å². The van der Waals surface area contributed by atoms with Crippen LogP contribution >= 0.6 is 0 Å². The van der Waals surface area contributed by atoms with Gasteiger partial charge in [0.25, 0.3) is 0 Å². The number of aliphatic hydroxyl groups excluding tert-OH is 1. The van der Waals surface area contributed by atoms with Crippen molar-refractivity contribution < 1.29 is 9.84 Å². The molecule has 0 saturated carbocycles. The second-order valence-electron chi connectivity index (χ2n) is 3.77. The van der Waals surface area contributed by atoms with Gasteiger partial charge in [-0.25, -0.2) is 0 Å². The van der Waals surface area contributed by atoms with Gasteiger partial charge in [0.05, 0.1) is 7.11 Å². The maximum Gasteiger partial charge on any atom is 0.317 e. The van der Waals surface area contributed by atoms with E-state index in [1.165, 1.54) is 7.11 Å². The summed E-state index contributed by atoms with van der Waals surface area (Å²) in [5.41, 5.74) is -0.188. The molecule has 1 aromatic rings. The molecule has 1 N–H and O–H groups in total. The summed E-state index contributed by atoms with van der Waals surface area (Å²) < 4.78 is 6.80. The van der Waals surface area contributed by atoms with Crippen molar-refractivity contribution in [1.29, 1.82) is 0 Å². The van der Waals surface area contributed by atoms with Crippen molar-refractivity contribution in [3.63, 3.8) is 0 Å². The van der Waals surface area contributed by atoms with Gasteiger partial charge in [-0.3, -0.25) is 4.57 Å². The zero-order chi connectivity index (χ0) is 10.1. The summed E-state index contributed by atoms with van der Waals surface area (Å²) >= 11 is 0. The van der Waals surface area contributed by atoms with Crippen molar-refractivity contribution in [2.24, 2.45) is 0 Å². The van der Waals surface area contributed by atoms with Gasteiger partial charge in [0.2, 0.25) is 0 Å². The number of aromatic nitrogens is 3. The molecule has 1 rings (SSSR count). The average molecular weight is 185 g/mol. The van der Waals surface area contributed by atoms with Crippen LogP contribution in [0.5, 0.6) is 6.01 Å². The molecular formula is C8H15N3O2. The zero-order valence-electron chi connectivity index (χ0n) is 8.40. The Bertz CT molecular complexity index is 267. The van der Waals surface area contributed by atoms with Crippen molar-refractivity contribution in [1.82, 2.24) is 14.8 Å². The summed E-state index contributed by atoms with van der Waals surface area (Å²) in [6.45, 7) is 5.86. The van der Waals surface area contributed by atoms with E-state index in [2.05, 4.69) is 10.2 Å². The number of aliphatic hydroxyl groups is 1. The highest BCUT2D eigenvalue weighted by atomic mass is 16.5. The molecule has 74 valence electrons. The number of hydrogen-bond acceptors (Lipinski definition) is 4. The molecule has 1 heterocycles. The number of ether oxygens (including phenoxy) is 1. The molecule has 0 spiro atoms. The first-order chi connectivity index (χ1) is 6.00. The Hall–Kier alpha value is -1.10. The van der Waals surface area contributed by atoms with Crippen LogP contribution in [0.4, 0.5) is 0 Å². The van der Waals surface area contributed by atoms with Crippen LogP contribution in [-0.2, 0) is 12.1 Å². The first kappa shape index (κ1) is 9.98. The van der Waals surface area contributed by atoms with E-state index in [9.17, 15) is 0 Å². The molecule has 0 amide bonds. The third-order valence-corrected chi connectivity index (χ3v) is 1.70. The van der Waals surface area contributed by atoms with E-state index < -0.39 is 0 Å². The van der Waals surface area contributed by atoms with Gasteiger partial charge >= 0.3 is 6.01 Å².